The average molecular weight is 559 g/mol. The minimum Gasteiger partial charge on any atom is -0.385 e. The molecule has 2 aromatic carbocycles. The van der Waals surface area contributed by atoms with Crippen LogP contribution >= 0.6 is 11.6 Å². The molecule has 9 heteroatoms. The Hall–Kier alpha value is -3.46. The van der Waals surface area contributed by atoms with Crippen LogP contribution in [0.25, 0.3) is 5.65 Å². The lowest BCUT2D eigenvalue weighted by Crippen LogP contribution is -2.42. The van der Waals surface area contributed by atoms with E-state index in [2.05, 4.69) is 30.0 Å². The number of aromatic nitrogens is 3. The summed E-state index contributed by atoms with van der Waals surface area (Å²) in [5.74, 6) is 0.825. The molecule has 0 saturated carbocycles. The molecular formula is C31H35ClN6O2. The third-order valence-corrected chi connectivity index (χ3v) is 8.69. The minimum absolute atomic E-state index is 0.0934. The van der Waals surface area contributed by atoms with Gasteiger partial charge in [-0.1, -0.05) is 35.9 Å². The number of likely N-dealkylation sites (tertiary alicyclic amines) is 1. The fraction of sp³-hybridized carbons (Fsp3) is 0.387. The van der Waals surface area contributed by atoms with E-state index in [9.17, 15) is 9.90 Å². The molecule has 8 nitrogen and oxygen atoms in total. The summed E-state index contributed by atoms with van der Waals surface area (Å²) < 4.78 is 1.83. The molecule has 1 amide bonds. The number of benzene rings is 2. The molecule has 4 heterocycles. The average Bonchev–Trinajstić information content (AvgIpc) is 3.61. The van der Waals surface area contributed by atoms with Crippen LogP contribution in [0.4, 0.5) is 5.69 Å². The second kappa shape index (κ2) is 10.8. The molecule has 2 aliphatic rings. The molecule has 2 aliphatic heterocycles. The first-order chi connectivity index (χ1) is 19.3. The molecule has 2 saturated heterocycles. The smallest absolute Gasteiger partial charge is 0.253 e. The topological polar surface area (TPSA) is 77.2 Å². The second-order valence-corrected chi connectivity index (χ2v) is 11.7. The number of carbonyl (C=O) groups is 1. The summed E-state index contributed by atoms with van der Waals surface area (Å²) in [6.07, 6.45) is 4.75. The molecule has 208 valence electrons. The van der Waals surface area contributed by atoms with Crippen LogP contribution < -0.4 is 4.90 Å². The van der Waals surface area contributed by atoms with Crippen LogP contribution in [-0.2, 0) is 12.0 Å². The molecule has 0 aliphatic carbocycles. The van der Waals surface area contributed by atoms with E-state index in [4.69, 9.17) is 21.7 Å². The number of rotatable bonds is 6. The highest BCUT2D eigenvalue weighted by molar-refractivity contribution is 6.30. The van der Waals surface area contributed by atoms with Crippen LogP contribution in [-0.4, -0.2) is 81.7 Å². The van der Waals surface area contributed by atoms with Gasteiger partial charge in [-0.3, -0.25) is 4.79 Å². The van der Waals surface area contributed by atoms with Crippen LogP contribution in [0.1, 0.15) is 46.6 Å². The summed E-state index contributed by atoms with van der Waals surface area (Å²) in [7, 11) is 4.14. The van der Waals surface area contributed by atoms with Crippen molar-refractivity contribution in [2.45, 2.75) is 37.3 Å². The molecule has 2 aromatic heterocycles. The zero-order valence-corrected chi connectivity index (χ0v) is 23.8. The number of carbonyl (C=O) groups excluding carboxylic acids is 1. The summed E-state index contributed by atoms with van der Waals surface area (Å²) in [4.78, 5) is 24.3. The monoisotopic (exact) mass is 558 g/mol. The number of likely N-dealkylation sites (N-methyl/N-ethyl adjacent to an activating group) is 1. The number of nitrogens with zero attached hydrogens (tertiary/aromatic N) is 6. The van der Waals surface area contributed by atoms with Gasteiger partial charge in [0.25, 0.3) is 5.91 Å². The fourth-order valence-electron chi connectivity index (χ4n) is 5.90. The predicted octanol–water partition coefficient (Wildman–Crippen LogP) is 4.24. The predicted molar refractivity (Wildman–Crippen MR) is 157 cm³/mol. The Morgan fingerprint density at radius 3 is 2.45 bits per heavy atom. The summed E-state index contributed by atoms with van der Waals surface area (Å²) in [6.45, 7) is 3.00. The zero-order chi connectivity index (χ0) is 27.9. The molecule has 0 radical (unpaired) electrons. The van der Waals surface area contributed by atoms with Crippen molar-refractivity contribution in [3.63, 3.8) is 0 Å². The lowest BCUT2D eigenvalue weighted by molar-refractivity contribution is 0.0118. The number of amides is 1. The largest absolute Gasteiger partial charge is 0.385 e. The molecule has 4 aromatic rings. The number of pyridine rings is 1. The molecule has 1 atom stereocenters. The van der Waals surface area contributed by atoms with Crippen LogP contribution in [0.15, 0.2) is 66.9 Å². The van der Waals surface area contributed by atoms with E-state index in [0.29, 0.717) is 43.4 Å². The van der Waals surface area contributed by atoms with E-state index < -0.39 is 5.60 Å². The van der Waals surface area contributed by atoms with Gasteiger partial charge in [0.05, 0.1) is 11.3 Å². The van der Waals surface area contributed by atoms with Crippen molar-refractivity contribution in [3.8, 4) is 0 Å². The Kier molecular flexibility index (Phi) is 7.25. The normalized spacial score (nSPS) is 19.1. The highest BCUT2D eigenvalue weighted by Crippen LogP contribution is 2.36. The SMILES string of the molecule is CN(C)C1CCN(C(=O)c2ccc(Cc3nc4c(N5CCC(O)(c6ccc(Cl)cc6)CC5)cccn4n3)cc2)C1. The summed E-state index contributed by atoms with van der Waals surface area (Å²) in [5.41, 5.74) is 3.66. The van der Waals surface area contributed by atoms with Crippen molar-refractivity contribution < 1.29 is 9.90 Å². The third kappa shape index (κ3) is 5.31. The highest BCUT2D eigenvalue weighted by Gasteiger charge is 2.34. The first kappa shape index (κ1) is 26.7. The molecule has 40 heavy (non-hydrogen) atoms. The van der Waals surface area contributed by atoms with Crippen molar-refractivity contribution >= 4 is 28.8 Å². The van der Waals surface area contributed by atoms with E-state index in [1.807, 2.05) is 70.2 Å². The number of halogens is 1. The summed E-state index contributed by atoms with van der Waals surface area (Å²) in [6, 6.07) is 19.8. The third-order valence-electron chi connectivity index (χ3n) is 8.44. The molecule has 1 N–H and O–H groups in total. The van der Waals surface area contributed by atoms with Crippen LogP contribution in [0.5, 0.6) is 0 Å². The molecular weight excluding hydrogens is 524 g/mol. The van der Waals surface area contributed by atoms with Gasteiger partial charge in [-0.05, 0) is 80.9 Å². The lowest BCUT2D eigenvalue weighted by Gasteiger charge is -2.39. The second-order valence-electron chi connectivity index (χ2n) is 11.2. The Labute approximate surface area is 239 Å². The first-order valence-corrected chi connectivity index (χ1v) is 14.3. The van der Waals surface area contributed by atoms with Crippen LogP contribution in [0, 0.1) is 0 Å². The maximum atomic E-state index is 13.0. The summed E-state index contributed by atoms with van der Waals surface area (Å²) in [5, 5.41) is 16.7. The van der Waals surface area contributed by atoms with E-state index >= 15 is 0 Å². The number of aliphatic hydroxyl groups is 1. The Bertz CT molecular complexity index is 1490. The number of hydrogen-bond donors (Lipinski definition) is 1. The first-order valence-electron chi connectivity index (χ1n) is 13.9. The summed E-state index contributed by atoms with van der Waals surface area (Å²) >= 11 is 6.04. The number of piperidine rings is 1. The van der Waals surface area contributed by atoms with E-state index in [1.165, 1.54) is 0 Å². The molecule has 1 unspecified atom stereocenters. The van der Waals surface area contributed by atoms with Gasteiger partial charge in [0.15, 0.2) is 11.5 Å². The number of fused-ring (bicyclic) bond motifs is 1. The Morgan fingerprint density at radius 1 is 1.05 bits per heavy atom. The maximum absolute atomic E-state index is 13.0. The molecule has 6 rings (SSSR count). The van der Waals surface area contributed by atoms with Gasteiger partial charge < -0.3 is 19.8 Å². The van der Waals surface area contributed by atoms with Gasteiger partial charge in [-0.2, -0.15) is 5.10 Å². The van der Waals surface area contributed by atoms with Gasteiger partial charge in [-0.15, -0.1) is 0 Å². The van der Waals surface area contributed by atoms with Crippen molar-refractivity contribution in [1.82, 2.24) is 24.4 Å². The van der Waals surface area contributed by atoms with Gasteiger partial charge >= 0.3 is 0 Å². The molecule has 0 spiro atoms. The Balaban J connectivity index is 1.13. The van der Waals surface area contributed by atoms with Crippen LogP contribution in [0.3, 0.4) is 0 Å². The quantitative estimate of drug-likeness (QED) is 0.381. The zero-order valence-electron chi connectivity index (χ0n) is 23.0. The van der Waals surface area contributed by atoms with Crippen LogP contribution in [0.2, 0.25) is 5.02 Å². The molecule has 0 bridgehead atoms. The lowest BCUT2D eigenvalue weighted by atomic mass is 9.84. The van der Waals surface area contributed by atoms with Crippen molar-refractivity contribution in [1.29, 1.82) is 0 Å². The van der Waals surface area contributed by atoms with Gasteiger partial charge in [0.1, 0.15) is 0 Å². The van der Waals surface area contributed by atoms with E-state index in [-0.39, 0.29) is 5.91 Å². The van der Waals surface area contributed by atoms with Crippen molar-refractivity contribution in [2.75, 3.05) is 45.2 Å². The Morgan fingerprint density at radius 2 is 1.77 bits per heavy atom. The van der Waals surface area contributed by atoms with Gasteiger partial charge in [-0.25, -0.2) is 9.50 Å². The van der Waals surface area contributed by atoms with Gasteiger partial charge in [0, 0.05) is 55.4 Å². The van der Waals surface area contributed by atoms with Gasteiger partial charge in [0.2, 0.25) is 0 Å². The number of hydrogen-bond acceptors (Lipinski definition) is 6. The van der Waals surface area contributed by atoms with Crippen molar-refractivity contribution in [2.24, 2.45) is 0 Å². The maximum Gasteiger partial charge on any atom is 0.253 e. The fourth-order valence-corrected chi connectivity index (χ4v) is 6.03. The highest BCUT2D eigenvalue weighted by atomic mass is 35.5. The molecule has 2 fully saturated rings. The van der Waals surface area contributed by atoms with Crippen molar-refractivity contribution in [3.05, 3.63) is 94.4 Å². The standard InChI is InChI=1S/C31H35ClN6O2/c1-35(2)26-13-17-37(21-26)30(39)23-7-5-22(6-8-23)20-28-33-29-27(4-3-16-38(29)34-28)36-18-14-31(40,15-19-36)24-9-11-25(32)12-10-24/h3-12,16,26,40H,13-15,17-21H2,1-2H3. The van der Waals surface area contributed by atoms with E-state index in [0.717, 1.165) is 53.4 Å². The number of anilines is 1. The minimum atomic E-state index is -0.860. The van der Waals surface area contributed by atoms with E-state index in [1.54, 1.807) is 0 Å².